The van der Waals surface area contributed by atoms with Crippen LogP contribution in [0.5, 0.6) is 5.75 Å². The third-order valence-electron chi connectivity index (χ3n) is 5.72. The van der Waals surface area contributed by atoms with Crippen LogP contribution in [0.2, 0.25) is 0 Å². The molecule has 0 bridgehead atoms. The molecule has 11 heteroatoms. The standard InChI is InChI=1S/C21H20N6O5/c1-31-14-4-2-13(3-5-14)18-24-20(32-25-18)15-11-22-27-16(10-17(28)23-19(15)27)12-6-8-26(9-7-12)21(29)30/h2-5,10-12H,6-9H2,1H3,(H,23,28)(H,29,30). The SMILES string of the molecule is COc1ccc(-c2noc(-c3cnn4c(C5CCN(C(=O)O)CC5)cc(=O)[nH]c34)n2)cc1. The number of benzene rings is 1. The predicted octanol–water partition coefficient (Wildman–Crippen LogP) is 2.61. The summed E-state index contributed by atoms with van der Waals surface area (Å²) in [5.74, 6) is 1.38. The molecule has 3 aromatic heterocycles. The molecule has 4 heterocycles. The number of amides is 1. The molecule has 5 rings (SSSR count). The summed E-state index contributed by atoms with van der Waals surface area (Å²) in [4.78, 5) is 32.2. The summed E-state index contributed by atoms with van der Waals surface area (Å²) in [5.41, 5.74) is 2.19. The summed E-state index contributed by atoms with van der Waals surface area (Å²) >= 11 is 0. The minimum absolute atomic E-state index is 0.0145. The van der Waals surface area contributed by atoms with E-state index in [1.807, 2.05) is 12.1 Å². The number of hydrogen-bond donors (Lipinski definition) is 2. The topological polar surface area (TPSA) is 139 Å². The Morgan fingerprint density at radius 1 is 1.25 bits per heavy atom. The predicted molar refractivity (Wildman–Crippen MR) is 113 cm³/mol. The van der Waals surface area contributed by atoms with Crippen LogP contribution < -0.4 is 10.3 Å². The van der Waals surface area contributed by atoms with Crippen molar-refractivity contribution in [2.45, 2.75) is 18.8 Å². The van der Waals surface area contributed by atoms with E-state index in [0.717, 1.165) is 17.0 Å². The zero-order valence-corrected chi connectivity index (χ0v) is 17.2. The average molecular weight is 436 g/mol. The van der Waals surface area contributed by atoms with Crippen molar-refractivity contribution in [3.05, 3.63) is 52.6 Å². The molecule has 0 spiro atoms. The molecule has 1 aromatic carbocycles. The minimum Gasteiger partial charge on any atom is -0.497 e. The molecule has 164 valence electrons. The van der Waals surface area contributed by atoms with Gasteiger partial charge in [0.15, 0.2) is 0 Å². The molecule has 1 amide bonds. The minimum atomic E-state index is -0.926. The monoisotopic (exact) mass is 436 g/mol. The fourth-order valence-corrected chi connectivity index (χ4v) is 4.02. The first-order valence-electron chi connectivity index (χ1n) is 10.1. The van der Waals surface area contributed by atoms with E-state index in [9.17, 15) is 14.7 Å². The maximum Gasteiger partial charge on any atom is 0.407 e. The van der Waals surface area contributed by atoms with Gasteiger partial charge in [-0.1, -0.05) is 5.16 Å². The molecule has 1 aliphatic rings. The molecule has 11 nitrogen and oxygen atoms in total. The Morgan fingerprint density at radius 2 is 2.00 bits per heavy atom. The van der Waals surface area contributed by atoms with E-state index < -0.39 is 6.09 Å². The Kier molecular flexibility index (Phi) is 4.85. The first-order chi connectivity index (χ1) is 15.5. The van der Waals surface area contributed by atoms with E-state index in [-0.39, 0.29) is 17.4 Å². The van der Waals surface area contributed by atoms with Gasteiger partial charge >= 0.3 is 6.09 Å². The molecule has 1 aliphatic heterocycles. The van der Waals surface area contributed by atoms with Gasteiger partial charge in [0.1, 0.15) is 17.0 Å². The number of hydrogen-bond acceptors (Lipinski definition) is 7. The maximum atomic E-state index is 12.4. The van der Waals surface area contributed by atoms with Crippen molar-refractivity contribution < 1.29 is 19.2 Å². The number of nitrogens with zero attached hydrogens (tertiary/aromatic N) is 5. The van der Waals surface area contributed by atoms with Crippen molar-refractivity contribution in [3.63, 3.8) is 0 Å². The Morgan fingerprint density at radius 3 is 2.69 bits per heavy atom. The lowest BCUT2D eigenvalue weighted by atomic mass is 9.93. The molecule has 2 N–H and O–H groups in total. The van der Waals surface area contributed by atoms with Crippen molar-refractivity contribution >= 4 is 11.7 Å². The highest BCUT2D eigenvalue weighted by molar-refractivity contribution is 5.72. The quantitative estimate of drug-likeness (QED) is 0.498. The second-order valence-corrected chi connectivity index (χ2v) is 7.57. The van der Waals surface area contributed by atoms with E-state index in [4.69, 9.17) is 9.26 Å². The van der Waals surface area contributed by atoms with Crippen molar-refractivity contribution in [2.75, 3.05) is 20.2 Å². The van der Waals surface area contributed by atoms with Gasteiger partial charge in [-0.2, -0.15) is 10.1 Å². The molecule has 0 atom stereocenters. The molecule has 4 aromatic rings. The van der Waals surface area contributed by atoms with Gasteiger partial charge in [0.25, 0.3) is 11.4 Å². The first kappa shape index (κ1) is 19.8. The van der Waals surface area contributed by atoms with Crippen LogP contribution in [-0.4, -0.2) is 61.0 Å². The summed E-state index contributed by atoms with van der Waals surface area (Å²) in [5, 5.41) is 17.7. The normalized spacial score (nSPS) is 14.7. The van der Waals surface area contributed by atoms with E-state index in [1.54, 1.807) is 30.0 Å². The molecule has 0 radical (unpaired) electrons. The van der Waals surface area contributed by atoms with Gasteiger partial charge in [-0.05, 0) is 37.1 Å². The third-order valence-corrected chi connectivity index (χ3v) is 5.72. The average Bonchev–Trinajstić information content (AvgIpc) is 3.46. The van der Waals surface area contributed by atoms with Crippen LogP contribution in [0.4, 0.5) is 4.79 Å². The van der Waals surface area contributed by atoms with Crippen molar-refractivity contribution in [1.82, 2.24) is 29.6 Å². The molecular weight excluding hydrogens is 416 g/mol. The van der Waals surface area contributed by atoms with Crippen LogP contribution >= 0.6 is 0 Å². The molecular formula is C21H20N6O5. The summed E-state index contributed by atoms with van der Waals surface area (Å²) in [6.07, 6.45) is 1.88. The van der Waals surface area contributed by atoms with Gasteiger partial charge in [-0.3, -0.25) is 4.79 Å². The van der Waals surface area contributed by atoms with E-state index in [0.29, 0.717) is 43.0 Å². The summed E-state index contributed by atoms with van der Waals surface area (Å²) in [6, 6.07) is 8.78. The molecule has 1 saturated heterocycles. The lowest BCUT2D eigenvalue weighted by Crippen LogP contribution is -2.37. The second kappa shape index (κ2) is 7.84. The van der Waals surface area contributed by atoms with E-state index >= 15 is 0 Å². The van der Waals surface area contributed by atoms with Gasteiger partial charge in [0, 0.05) is 30.6 Å². The highest BCUT2D eigenvalue weighted by Gasteiger charge is 2.27. The number of aromatic amines is 1. The third kappa shape index (κ3) is 3.47. The lowest BCUT2D eigenvalue weighted by molar-refractivity contribution is 0.131. The molecule has 0 unspecified atom stereocenters. The van der Waals surface area contributed by atoms with Crippen LogP contribution in [0.15, 0.2) is 45.8 Å². The Labute approximate surface area is 181 Å². The molecule has 0 aliphatic carbocycles. The molecule has 1 fully saturated rings. The van der Waals surface area contributed by atoms with Crippen LogP contribution in [-0.2, 0) is 0 Å². The number of fused-ring (bicyclic) bond motifs is 1. The van der Waals surface area contributed by atoms with Gasteiger partial charge in [0.05, 0.1) is 19.0 Å². The Balaban J connectivity index is 1.48. The van der Waals surface area contributed by atoms with Crippen molar-refractivity contribution in [2.24, 2.45) is 0 Å². The lowest BCUT2D eigenvalue weighted by Gasteiger charge is -2.30. The Bertz CT molecular complexity index is 1330. The number of carbonyl (C=O) groups is 1. The van der Waals surface area contributed by atoms with Crippen LogP contribution in [0.25, 0.3) is 28.5 Å². The zero-order valence-electron chi connectivity index (χ0n) is 17.2. The first-order valence-corrected chi connectivity index (χ1v) is 10.1. The number of aromatic nitrogens is 5. The molecule has 32 heavy (non-hydrogen) atoms. The fourth-order valence-electron chi connectivity index (χ4n) is 4.02. The number of ether oxygens (including phenoxy) is 1. The number of carboxylic acid groups (broad SMARTS) is 1. The highest BCUT2D eigenvalue weighted by atomic mass is 16.5. The zero-order chi connectivity index (χ0) is 22.2. The van der Waals surface area contributed by atoms with E-state index in [1.165, 1.54) is 11.0 Å². The number of nitrogens with one attached hydrogen (secondary N) is 1. The number of methoxy groups -OCH3 is 1. The molecule has 0 saturated carbocycles. The number of piperidine rings is 1. The van der Waals surface area contributed by atoms with Gasteiger partial charge in [0.2, 0.25) is 5.82 Å². The van der Waals surface area contributed by atoms with Crippen LogP contribution in [0.3, 0.4) is 0 Å². The van der Waals surface area contributed by atoms with E-state index in [2.05, 4.69) is 20.2 Å². The van der Waals surface area contributed by atoms with Gasteiger partial charge < -0.3 is 24.3 Å². The van der Waals surface area contributed by atoms with Gasteiger partial charge in [-0.25, -0.2) is 9.31 Å². The van der Waals surface area contributed by atoms with Crippen molar-refractivity contribution in [1.29, 1.82) is 0 Å². The van der Waals surface area contributed by atoms with Crippen LogP contribution in [0.1, 0.15) is 24.5 Å². The largest absolute Gasteiger partial charge is 0.497 e. The number of likely N-dealkylation sites (tertiary alicyclic amines) is 1. The highest BCUT2D eigenvalue weighted by Crippen LogP contribution is 2.30. The maximum absolute atomic E-state index is 12.4. The van der Waals surface area contributed by atoms with Crippen LogP contribution in [0, 0.1) is 0 Å². The van der Waals surface area contributed by atoms with Crippen molar-refractivity contribution in [3.8, 4) is 28.6 Å². The summed E-state index contributed by atoms with van der Waals surface area (Å²) in [7, 11) is 1.59. The number of H-pyrrole nitrogens is 1. The Hall–Kier alpha value is -4.15. The fraction of sp³-hybridized carbons (Fsp3) is 0.286. The number of rotatable bonds is 4. The summed E-state index contributed by atoms with van der Waals surface area (Å²) < 4.78 is 12.3. The van der Waals surface area contributed by atoms with Gasteiger partial charge in [-0.15, -0.1) is 0 Å². The smallest absolute Gasteiger partial charge is 0.407 e. The second-order valence-electron chi connectivity index (χ2n) is 7.57. The summed E-state index contributed by atoms with van der Waals surface area (Å²) in [6.45, 7) is 0.828.